The lowest BCUT2D eigenvalue weighted by Gasteiger charge is -2.73. The highest BCUT2D eigenvalue weighted by Gasteiger charge is 2.72. The number of nitrogens with zero attached hydrogens (tertiary/aromatic N) is 1. The van der Waals surface area contributed by atoms with Crippen molar-refractivity contribution in [2.45, 2.75) is 164 Å². The molecule has 6 saturated carbocycles. The van der Waals surface area contributed by atoms with Crippen LogP contribution < -0.4 is 0 Å². The number of likely N-dealkylation sites (tertiary alicyclic amines) is 1. The first-order valence-corrected chi connectivity index (χ1v) is 21.1. The number of hydrogen-bond donors (Lipinski definition) is 0. The van der Waals surface area contributed by atoms with E-state index in [1.54, 1.807) is 6.92 Å². The first-order valence-electron chi connectivity index (χ1n) is 21.1. The van der Waals surface area contributed by atoms with Crippen molar-refractivity contribution in [2.75, 3.05) is 19.6 Å². The van der Waals surface area contributed by atoms with Crippen LogP contribution >= 0.6 is 0 Å². The van der Waals surface area contributed by atoms with Gasteiger partial charge in [0, 0.05) is 37.3 Å². The van der Waals surface area contributed by atoms with E-state index in [-0.39, 0.29) is 39.1 Å². The number of hydrogen-bond acceptors (Lipinski definition) is 4. The molecule has 6 aliphatic carbocycles. The van der Waals surface area contributed by atoms with Gasteiger partial charge in [0.15, 0.2) is 0 Å². The summed E-state index contributed by atoms with van der Waals surface area (Å²) in [6, 6.07) is 0. The Bertz CT molecular complexity index is 1300. The van der Waals surface area contributed by atoms with E-state index in [9.17, 15) is 9.59 Å². The van der Waals surface area contributed by atoms with Crippen LogP contribution in [0.3, 0.4) is 0 Å². The van der Waals surface area contributed by atoms with Crippen LogP contribution in [0.5, 0.6) is 0 Å². The van der Waals surface area contributed by atoms with Crippen molar-refractivity contribution in [1.29, 1.82) is 0 Å². The minimum atomic E-state index is -0.126. The average molecular weight is 676 g/mol. The lowest BCUT2D eigenvalue weighted by molar-refractivity contribution is -0.248. The number of ketones is 1. The predicted molar refractivity (Wildman–Crippen MR) is 200 cm³/mol. The van der Waals surface area contributed by atoms with Gasteiger partial charge in [-0.3, -0.25) is 9.59 Å². The number of Topliss-reactive ketones (excluding diaryl/α,β-unsaturated/α-hetero) is 1. The predicted octanol–water partition coefficient (Wildman–Crippen LogP) is 10.7. The van der Waals surface area contributed by atoms with Gasteiger partial charge >= 0.3 is 5.97 Å². The highest BCUT2D eigenvalue weighted by atomic mass is 16.5. The molecule has 7 aliphatic rings. The Morgan fingerprint density at radius 2 is 1.55 bits per heavy atom. The molecule has 4 nitrogen and oxygen atoms in total. The first kappa shape index (κ1) is 36.2. The van der Waals surface area contributed by atoms with Gasteiger partial charge in [-0.25, -0.2) is 0 Å². The fraction of sp³-hybridized carbons (Fsp3) is 0.911. The Morgan fingerprint density at radius 1 is 0.796 bits per heavy atom. The van der Waals surface area contributed by atoms with Crippen molar-refractivity contribution in [3.8, 4) is 0 Å². The summed E-state index contributed by atoms with van der Waals surface area (Å²) in [5.41, 5.74) is 2.00. The van der Waals surface area contributed by atoms with Crippen molar-refractivity contribution in [3.05, 3.63) is 12.2 Å². The van der Waals surface area contributed by atoms with Gasteiger partial charge in [0.05, 0.1) is 0 Å². The molecule has 7 rings (SSSR count). The van der Waals surface area contributed by atoms with Crippen LogP contribution in [0.25, 0.3) is 0 Å². The standard InChI is InChI=1S/C45H73NO3/c1-29(2)34-16-21-45(38(48)26-32-12-13-33(25-32)28-46-24-10-11-30(3)27-46)23-22-43(8)35(40(34)45)14-15-37-42(7)19-18-39(49-31(4)47)41(5,6)36(42)17-20-44(37,43)9/h30,32-37,39-40H,1,10-28H2,2-9H3/t30?,32-,33?,34+,35-,36+,37-,39+,40-,42+,43-,44-,45-/m1/s1. The van der Waals surface area contributed by atoms with Crippen molar-refractivity contribution < 1.29 is 14.3 Å². The second-order valence-electron chi connectivity index (χ2n) is 21.0. The van der Waals surface area contributed by atoms with Crippen molar-refractivity contribution >= 4 is 11.8 Å². The van der Waals surface area contributed by atoms with Crippen LogP contribution in [-0.2, 0) is 14.3 Å². The minimum Gasteiger partial charge on any atom is -0.462 e. The molecule has 276 valence electrons. The second-order valence-corrected chi connectivity index (χ2v) is 21.0. The molecule has 0 N–H and O–H groups in total. The number of esters is 1. The molecule has 7 fully saturated rings. The average Bonchev–Trinajstić information content (AvgIpc) is 3.64. The largest absolute Gasteiger partial charge is 0.462 e. The maximum atomic E-state index is 14.9. The van der Waals surface area contributed by atoms with E-state index in [0.717, 1.165) is 37.5 Å². The number of carbonyl (C=O) groups is 2. The maximum Gasteiger partial charge on any atom is 0.302 e. The van der Waals surface area contributed by atoms with Gasteiger partial charge in [-0.2, -0.15) is 0 Å². The van der Waals surface area contributed by atoms with Crippen molar-refractivity contribution in [1.82, 2.24) is 4.90 Å². The number of allylic oxidation sites excluding steroid dienone is 1. The summed E-state index contributed by atoms with van der Waals surface area (Å²) in [7, 11) is 0. The van der Waals surface area contributed by atoms with Crippen LogP contribution in [0.2, 0.25) is 0 Å². The van der Waals surface area contributed by atoms with E-state index in [2.05, 4.69) is 59.9 Å². The van der Waals surface area contributed by atoms with E-state index in [0.29, 0.717) is 41.3 Å². The zero-order chi connectivity index (χ0) is 35.1. The van der Waals surface area contributed by atoms with E-state index in [1.807, 2.05) is 0 Å². The first-order chi connectivity index (χ1) is 23.0. The SMILES string of the molecule is C=C(C)[C@@H]1CC[C@]2(C(=O)C[C@@H]3CCC(CN4CCCC(C)C4)C3)CC[C@]3(C)[C@H](CC[C@@H]4[C@@]5(C)CC[C@H](OC(C)=O)C(C)(C)[C@@H]5CC[C@]43C)[C@@H]12. The van der Waals surface area contributed by atoms with Gasteiger partial charge in [0.25, 0.3) is 0 Å². The number of ether oxygens (including phenoxy) is 1. The molecule has 0 amide bonds. The number of piperidine rings is 1. The molecule has 13 atom stereocenters. The molecular formula is C45H73NO3. The summed E-state index contributed by atoms with van der Waals surface area (Å²) in [6.07, 6.45) is 19.3. The van der Waals surface area contributed by atoms with Crippen LogP contribution in [0.4, 0.5) is 0 Å². The van der Waals surface area contributed by atoms with Crippen LogP contribution in [0.1, 0.15) is 158 Å². The van der Waals surface area contributed by atoms with Gasteiger partial charge in [0.2, 0.25) is 0 Å². The molecule has 1 aliphatic heterocycles. The summed E-state index contributed by atoms with van der Waals surface area (Å²) in [5, 5.41) is 0. The lowest BCUT2D eigenvalue weighted by Crippen LogP contribution is -2.67. The maximum absolute atomic E-state index is 14.9. The zero-order valence-electron chi connectivity index (χ0n) is 33.0. The fourth-order valence-electron chi connectivity index (χ4n) is 15.8. The van der Waals surface area contributed by atoms with Crippen LogP contribution in [0, 0.1) is 74.4 Å². The summed E-state index contributed by atoms with van der Waals surface area (Å²) < 4.78 is 5.99. The van der Waals surface area contributed by atoms with Gasteiger partial charge in [-0.05, 0) is 173 Å². The third-order valence-electron chi connectivity index (χ3n) is 18.3. The van der Waals surface area contributed by atoms with Gasteiger partial charge in [-0.1, -0.05) is 53.7 Å². The minimum absolute atomic E-state index is 0.00611. The summed E-state index contributed by atoms with van der Waals surface area (Å²) in [5.74, 6) is 5.60. The van der Waals surface area contributed by atoms with E-state index < -0.39 is 0 Å². The third-order valence-corrected chi connectivity index (χ3v) is 18.3. The number of fused-ring (bicyclic) bond motifs is 7. The Morgan fingerprint density at radius 3 is 2.27 bits per heavy atom. The van der Waals surface area contributed by atoms with Gasteiger partial charge in [-0.15, -0.1) is 0 Å². The summed E-state index contributed by atoms with van der Waals surface area (Å²) in [6.45, 7) is 27.6. The molecule has 0 spiro atoms. The molecule has 4 heteroatoms. The molecule has 1 heterocycles. The van der Waals surface area contributed by atoms with E-state index in [4.69, 9.17) is 4.74 Å². The van der Waals surface area contributed by atoms with Crippen LogP contribution in [0.15, 0.2) is 12.2 Å². The quantitative estimate of drug-likeness (QED) is 0.199. The fourth-order valence-corrected chi connectivity index (χ4v) is 15.8. The number of carbonyl (C=O) groups excluding carboxylic acids is 2. The monoisotopic (exact) mass is 676 g/mol. The second kappa shape index (κ2) is 12.8. The highest BCUT2D eigenvalue weighted by molar-refractivity contribution is 5.86. The molecular weight excluding hydrogens is 602 g/mol. The molecule has 2 unspecified atom stereocenters. The highest BCUT2D eigenvalue weighted by Crippen LogP contribution is 2.77. The van der Waals surface area contributed by atoms with E-state index in [1.165, 1.54) is 102 Å². The van der Waals surface area contributed by atoms with Crippen molar-refractivity contribution in [3.63, 3.8) is 0 Å². The Hall–Kier alpha value is -1.16. The smallest absolute Gasteiger partial charge is 0.302 e. The van der Waals surface area contributed by atoms with E-state index >= 15 is 0 Å². The normalized spacial score (nSPS) is 49.3. The Balaban J connectivity index is 1.11. The molecule has 0 bridgehead atoms. The zero-order valence-corrected chi connectivity index (χ0v) is 33.0. The van der Waals surface area contributed by atoms with Gasteiger partial charge < -0.3 is 9.64 Å². The molecule has 0 aromatic carbocycles. The van der Waals surface area contributed by atoms with Crippen molar-refractivity contribution in [2.24, 2.45) is 74.4 Å². The summed E-state index contributed by atoms with van der Waals surface area (Å²) >= 11 is 0. The molecule has 1 saturated heterocycles. The molecule has 0 radical (unpaired) electrons. The molecule has 0 aromatic heterocycles. The van der Waals surface area contributed by atoms with Gasteiger partial charge in [0.1, 0.15) is 11.9 Å². The number of rotatable bonds is 7. The van der Waals surface area contributed by atoms with Crippen LogP contribution in [-0.4, -0.2) is 42.4 Å². The third kappa shape index (κ3) is 5.67. The summed E-state index contributed by atoms with van der Waals surface area (Å²) in [4.78, 5) is 29.8. The lowest BCUT2D eigenvalue weighted by atomic mass is 9.32. The topological polar surface area (TPSA) is 46.6 Å². The Kier molecular flexibility index (Phi) is 9.43. The Labute approximate surface area is 300 Å². The molecule has 0 aromatic rings. The molecule has 49 heavy (non-hydrogen) atoms.